The van der Waals surface area contributed by atoms with Gasteiger partial charge in [0, 0.05) is 5.57 Å². The highest BCUT2D eigenvalue weighted by atomic mass is 16.2. The first-order valence-corrected chi connectivity index (χ1v) is 3.94. The molecule has 2 nitrogen and oxygen atoms in total. The van der Waals surface area contributed by atoms with Crippen LogP contribution in [0, 0.1) is 5.92 Å². The van der Waals surface area contributed by atoms with Gasteiger partial charge in [-0.15, -0.1) is 5.73 Å². The van der Waals surface area contributed by atoms with Crippen molar-refractivity contribution in [3.63, 3.8) is 0 Å². The van der Waals surface area contributed by atoms with Gasteiger partial charge in [0.15, 0.2) is 0 Å². The summed E-state index contributed by atoms with van der Waals surface area (Å²) in [5.41, 5.74) is 4.93. The maximum absolute atomic E-state index is 11.2. The van der Waals surface area contributed by atoms with Gasteiger partial charge in [-0.1, -0.05) is 12.2 Å². The van der Waals surface area contributed by atoms with Gasteiger partial charge in [0.05, 0.1) is 11.6 Å². The Hall–Kier alpha value is -1.53. The molecule has 0 bridgehead atoms. The molecule has 60 valence electrons. The fourth-order valence-corrected chi connectivity index (χ4v) is 1.35. The van der Waals surface area contributed by atoms with Crippen LogP contribution in [-0.2, 0) is 4.79 Å². The minimum absolute atomic E-state index is 0.0625. The first kappa shape index (κ1) is 7.14. The van der Waals surface area contributed by atoms with Crippen molar-refractivity contribution in [1.82, 2.24) is 5.32 Å². The molecule has 1 fully saturated rings. The molecule has 1 heterocycles. The van der Waals surface area contributed by atoms with E-state index in [-0.39, 0.29) is 11.8 Å². The van der Waals surface area contributed by atoms with E-state index in [1.54, 1.807) is 0 Å². The molecule has 0 aromatic heterocycles. The van der Waals surface area contributed by atoms with Gasteiger partial charge in [-0.3, -0.25) is 4.79 Å². The molecule has 1 saturated heterocycles. The minimum Gasteiger partial charge on any atom is -0.325 e. The third kappa shape index (κ3) is 0.936. The monoisotopic (exact) mass is 159 g/mol. The third-order valence-electron chi connectivity index (χ3n) is 2.08. The number of hydrogen-bond donors (Lipinski definition) is 1. The second kappa shape index (κ2) is 2.50. The Kier molecular flexibility index (Phi) is 1.49. The summed E-state index contributed by atoms with van der Waals surface area (Å²) in [6.45, 7) is 1.89. The smallest absolute Gasteiger partial charge is 0.232 e. The Morgan fingerprint density at radius 1 is 1.50 bits per heavy atom. The molecule has 12 heavy (non-hydrogen) atoms. The van der Waals surface area contributed by atoms with Crippen LogP contribution < -0.4 is 5.32 Å². The van der Waals surface area contributed by atoms with E-state index in [4.69, 9.17) is 0 Å². The van der Waals surface area contributed by atoms with Crippen molar-refractivity contribution >= 4 is 5.91 Å². The van der Waals surface area contributed by atoms with E-state index in [0.717, 1.165) is 11.3 Å². The SMILES string of the molecule is CC1C(=O)NC2=CC=CC=C=C21. The first-order chi connectivity index (χ1) is 5.79. The van der Waals surface area contributed by atoms with Gasteiger partial charge < -0.3 is 5.32 Å². The Bertz CT molecular complexity index is 354. The standard InChI is InChI=1S/C10H9NO/c1-7-8-5-3-2-4-6-9(8)11-10(7)12/h2-4,6-7H,1H3,(H,11,12). The number of allylic oxidation sites excluding steroid dienone is 4. The van der Waals surface area contributed by atoms with Crippen LogP contribution in [0.5, 0.6) is 0 Å². The lowest BCUT2D eigenvalue weighted by Gasteiger charge is -1.95. The molecule has 2 rings (SSSR count). The molecule has 1 aliphatic carbocycles. The number of carbonyl (C=O) groups is 1. The second-order valence-corrected chi connectivity index (χ2v) is 2.90. The highest BCUT2D eigenvalue weighted by molar-refractivity contribution is 5.89. The first-order valence-electron chi connectivity index (χ1n) is 3.94. The number of amides is 1. The highest BCUT2D eigenvalue weighted by Gasteiger charge is 2.28. The molecule has 1 N–H and O–H groups in total. The molecule has 1 amide bonds. The number of carbonyl (C=O) groups excluding carboxylic acids is 1. The Balaban J connectivity index is 2.53. The quantitative estimate of drug-likeness (QED) is 0.530. The highest BCUT2D eigenvalue weighted by Crippen LogP contribution is 2.24. The summed E-state index contributed by atoms with van der Waals surface area (Å²) in [5.74, 6) is -0.000139. The third-order valence-corrected chi connectivity index (χ3v) is 2.08. The fourth-order valence-electron chi connectivity index (χ4n) is 1.35. The predicted octanol–water partition coefficient (Wildman–Crippen LogP) is 1.29. The molecule has 1 unspecified atom stereocenters. The lowest BCUT2D eigenvalue weighted by Crippen LogP contribution is -2.16. The topological polar surface area (TPSA) is 29.1 Å². The average Bonchev–Trinajstić information content (AvgIpc) is 2.30. The van der Waals surface area contributed by atoms with Gasteiger partial charge in [0.1, 0.15) is 0 Å². The van der Waals surface area contributed by atoms with E-state index < -0.39 is 0 Å². The number of hydrogen-bond acceptors (Lipinski definition) is 1. The van der Waals surface area contributed by atoms with E-state index in [1.807, 2.05) is 31.2 Å². The molecule has 0 aromatic rings. The second-order valence-electron chi connectivity index (χ2n) is 2.90. The van der Waals surface area contributed by atoms with Crippen molar-refractivity contribution in [3.05, 3.63) is 41.3 Å². The Labute approximate surface area is 71.0 Å². The molecule has 0 spiro atoms. The lowest BCUT2D eigenvalue weighted by atomic mass is 10.0. The van der Waals surface area contributed by atoms with E-state index in [9.17, 15) is 4.79 Å². The molecule has 1 atom stereocenters. The zero-order chi connectivity index (χ0) is 8.55. The summed E-state index contributed by atoms with van der Waals surface area (Å²) in [7, 11) is 0. The van der Waals surface area contributed by atoms with Gasteiger partial charge in [-0.2, -0.15) is 0 Å². The molecular formula is C10H9NO. The Morgan fingerprint density at radius 3 is 3.17 bits per heavy atom. The van der Waals surface area contributed by atoms with Gasteiger partial charge >= 0.3 is 0 Å². The van der Waals surface area contributed by atoms with Crippen LogP contribution in [-0.4, -0.2) is 5.91 Å². The van der Waals surface area contributed by atoms with Crippen molar-refractivity contribution in [2.24, 2.45) is 5.92 Å². The summed E-state index contributed by atoms with van der Waals surface area (Å²) in [6, 6.07) is 0. The van der Waals surface area contributed by atoms with Crippen molar-refractivity contribution in [2.75, 3.05) is 0 Å². The summed E-state index contributed by atoms with van der Waals surface area (Å²) < 4.78 is 0. The number of rotatable bonds is 0. The van der Waals surface area contributed by atoms with Gasteiger partial charge in [-0.25, -0.2) is 0 Å². The molecule has 0 aromatic carbocycles. The van der Waals surface area contributed by atoms with Crippen molar-refractivity contribution in [1.29, 1.82) is 0 Å². The van der Waals surface area contributed by atoms with Gasteiger partial charge in [0.2, 0.25) is 5.91 Å². The van der Waals surface area contributed by atoms with Crippen LogP contribution in [0.1, 0.15) is 6.92 Å². The van der Waals surface area contributed by atoms with Crippen LogP contribution >= 0.6 is 0 Å². The maximum atomic E-state index is 11.2. The van der Waals surface area contributed by atoms with Crippen LogP contribution in [0.3, 0.4) is 0 Å². The molecule has 2 aliphatic rings. The molecule has 2 heteroatoms. The summed E-state index contributed by atoms with van der Waals surface area (Å²) >= 11 is 0. The van der Waals surface area contributed by atoms with Crippen LogP contribution in [0.4, 0.5) is 0 Å². The largest absolute Gasteiger partial charge is 0.325 e. The van der Waals surface area contributed by atoms with Gasteiger partial charge in [-0.05, 0) is 19.1 Å². The van der Waals surface area contributed by atoms with E-state index in [2.05, 4.69) is 11.0 Å². The number of nitrogens with one attached hydrogen (secondary N) is 1. The fraction of sp³-hybridized carbons (Fsp3) is 0.200. The van der Waals surface area contributed by atoms with Crippen LogP contribution in [0.15, 0.2) is 41.3 Å². The average molecular weight is 159 g/mol. The molecular weight excluding hydrogens is 150 g/mol. The van der Waals surface area contributed by atoms with E-state index >= 15 is 0 Å². The van der Waals surface area contributed by atoms with Crippen LogP contribution in [0.2, 0.25) is 0 Å². The van der Waals surface area contributed by atoms with E-state index in [0.29, 0.717) is 0 Å². The lowest BCUT2D eigenvalue weighted by molar-refractivity contribution is -0.121. The Morgan fingerprint density at radius 2 is 2.33 bits per heavy atom. The molecule has 0 radical (unpaired) electrons. The summed E-state index contributed by atoms with van der Waals surface area (Å²) in [5, 5.41) is 2.80. The van der Waals surface area contributed by atoms with Crippen molar-refractivity contribution < 1.29 is 4.79 Å². The van der Waals surface area contributed by atoms with Crippen molar-refractivity contribution in [2.45, 2.75) is 6.92 Å². The predicted molar refractivity (Wildman–Crippen MR) is 46.1 cm³/mol. The van der Waals surface area contributed by atoms with E-state index in [1.165, 1.54) is 0 Å². The molecule has 0 saturated carbocycles. The summed E-state index contributed by atoms with van der Waals surface area (Å²) in [4.78, 5) is 11.2. The van der Waals surface area contributed by atoms with Crippen molar-refractivity contribution in [3.8, 4) is 0 Å². The van der Waals surface area contributed by atoms with Gasteiger partial charge in [0.25, 0.3) is 0 Å². The maximum Gasteiger partial charge on any atom is 0.232 e. The molecule has 1 aliphatic heterocycles. The van der Waals surface area contributed by atoms with Crippen LogP contribution in [0.25, 0.3) is 0 Å². The number of fused-ring (bicyclic) bond motifs is 1. The zero-order valence-corrected chi connectivity index (χ0v) is 6.79. The zero-order valence-electron chi connectivity index (χ0n) is 6.79. The minimum atomic E-state index is -0.0626. The summed E-state index contributed by atoms with van der Waals surface area (Å²) in [6.07, 6.45) is 7.52. The normalized spacial score (nSPS) is 25.8.